The topological polar surface area (TPSA) is 79.3 Å². The Morgan fingerprint density at radius 2 is 2.00 bits per heavy atom. The van der Waals surface area contributed by atoms with Crippen LogP contribution in [0.25, 0.3) is 0 Å². The first-order valence-electron chi connectivity index (χ1n) is 7.68. The molecule has 2 aromatic rings. The Hall–Kier alpha value is -1.86. The molecule has 7 heteroatoms. The summed E-state index contributed by atoms with van der Waals surface area (Å²) >= 11 is 3.34. The molecule has 0 spiro atoms. The molecule has 0 fully saturated rings. The lowest BCUT2D eigenvalue weighted by atomic mass is 10.2. The third kappa shape index (κ3) is 6.33. The number of nitrogens with one attached hydrogen (secondary N) is 1. The summed E-state index contributed by atoms with van der Waals surface area (Å²) in [6, 6.07) is 7.48. The third-order valence-corrected chi connectivity index (χ3v) is 5.14. The Bertz CT molecular complexity index is 683. The molecule has 2 N–H and O–H groups in total. The molecular weight excluding hydrogens is 344 g/mol. The summed E-state index contributed by atoms with van der Waals surface area (Å²) in [4.78, 5) is 27.9. The van der Waals surface area contributed by atoms with Gasteiger partial charge in [-0.05, 0) is 44.0 Å². The Labute approximate surface area is 149 Å². The van der Waals surface area contributed by atoms with Gasteiger partial charge in [0.2, 0.25) is 0 Å². The summed E-state index contributed by atoms with van der Waals surface area (Å²) in [6.45, 7) is 2.49. The number of amides is 1. The number of hydrogen-bond donors (Lipinski definition) is 2. The molecule has 1 aromatic heterocycles. The average molecular weight is 364 g/mol. The van der Waals surface area contributed by atoms with E-state index in [2.05, 4.69) is 15.7 Å². The average Bonchev–Trinajstić information content (AvgIpc) is 2.98. The van der Waals surface area contributed by atoms with E-state index in [-0.39, 0.29) is 12.3 Å². The lowest BCUT2D eigenvalue weighted by Crippen LogP contribution is -2.24. The van der Waals surface area contributed by atoms with E-state index in [0.717, 1.165) is 21.3 Å². The van der Waals surface area contributed by atoms with Crippen molar-refractivity contribution in [2.75, 3.05) is 6.54 Å². The van der Waals surface area contributed by atoms with Crippen molar-refractivity contribution in [3.05, 3.63) is 45.9 Å². The minimum absolute atomic E-state index is 0.128. The molecule has 5 nitrogen and oxygen atoms in total. The number of unbranched alkanes of at least 4 members (excludes halogenated alkanes) is 1. The van der Waals surface area contributed by atoms with Gasteiger partial charge < -0.3 is 10.4 Å². The summed E-state index contributed by atoms with van der Waals surface area (Å²) in [6.07, 6.45) is 1.38. The fraction of sp³-hybridized carbons (Fsp3) is 0.353. The maximum Gasteiger partial charge on any atom is 0.303 e. The monoisotopic (exact) mass is 364 g/mol. The molecule has 0 aliphatic heterocycles. The molecule has 0 bridgehead atoms. The lowest BCUT2D eigenvalue weighted by molar-refractivity contribution is -0.137. The quantitative estimate of drug-likeness (QED) is 0.523. The number of benzene rings is 1. The van der Waals surface area contributed by atoms with Gasteiger partial charge in [-0.25, -0.2) is 4.98 Å². The molecule has 2 rings (SSSR count). The van der Waals surface area contributed by atoms with Gasteiger partial charge in [0, 0.05) is 34.6 Å². The molecule has 0 saturated heterocycles. The van der Waals surface area contributed by atoms with Crippen LogP contribution in [0.5, 0.6) is 0 Å². The minimum atomic E-state index is -0.803. The number of aromatic nitrogens is 1. The summed E-state index contributed by atoms with van der Waals surface area (Å²) in [5, 5.41) is 14.5. The highest BCUT2D eigenvalue weighted by atomic mass is 32.2. The van der Waals surface area contributed by atoms with Gasteiger partial charge in [0.25, 0.3) is 5.91 Å². The molecule has 128 valence electrons. The molecule has 0 saturated carbocycles. The van der Waals surface area contributed by atoms with Crippen LogP contribution in [0, 0.1) is 6.92 Å². The van der Waals surface area contributed by atoms with Gasteiger partial charge in [0.05, 0.1) is 10.7 Å². The van der Waals surface area contributed by atoms with E-state index in [0.29, 0.717) is 24.9 Å². The number of thiazole rings is 1. The summed E-state index contributed by atoms with van der Waals surface area (Å²) in [5.41, 5.74) is 1.69. The highest BCUT2D eigenvalue weighted by molar-refractivity contribution is 7.98. The highest BCUT2D eigenvalue weighted by Crippen LogP contribution is 2.23. The molecular formula is C17H20N2O3S2. The van der Waals surface area contributed by atoms with Crippen LogP contribution < -0.4 is 5.32 Å². The molecule has 0 aliphatic carbocycles. The number of thioether (sulfide) groups is 1. The lowest BCUT2D eigenvalue weighted by Gasteiger charge is -2.06. The Balaban J connectivity index is 1.74. The van der Waals surface area contributed by atoms with Gasteiger partial charge in [-0.1, -0.05) is 0 Å². The van der Waals surface area contributed by atoms with Crippen molar-refractivity contribution < 1.29 is 14.7 Å². The summed E-state index contributed by atoms with van der Waals surface area (Å²) < 4.78 is 0. The molecule has 1 heterocycles. The molecule has 0 aliphatic rings. The van der Waals surface area contributed by atoms with E-state index in [9.17, 15) is 9.59 Å². The van der Waals surface area contributed by atoms with Crippen molar-refractivity contribution in [2.45, 2.75) is 36.8 Å². The van der Waals surface area contributed by atoms with E-state index in [4.69, 9.17) is 5.11 Å². The van der Waals surface area contributed by atoms with E-state index >= 15 is 0 Å². The van der Waals surface area contributed by atoms with E-state index in [1.54, 1.807) is 35.2 Å². The molecule has 0 unspecified atom stereocenters. The third-order valence-electron chi connectivity index (χ3n) is 3.27. The first-order chi connectivity index (χ1) is 11.5. The van der Waals surface area contributed by atoms with Crippen molar-refractivity contribution in [3.8, 4) is 0 Å². The SMILES string of the molecule is Cc1nc(CSc2ccc(C(=O)NCCCCC(=O)O)cc2)cs1. The standard InChI is InChI=1S/C17H20N2O3S2/c1-12-19-14(10-23-12)11-24-15-7-5-13(6-8-15)17(22)18-9-3-2-4-16(20)21/h5-8,10H,2-4,9,11H2,1H3,(H,18,22)(H,20,21). The van der Waals surface area contributed by atoms with E-state index < -0.39 is 5.97 Å². The van der Waals surface area contributed by atoms with Gasteiger partial charge in [-0.2, -0.15) is 0 Å². The Morgan fingerprint density at radius 1 is 1.25 bits per heavy atom. The second-order valence-corrected chi connectivity index (χ2v) is 7.39. The van der Waals surface area contributed by atoms with Gasteiger partial charge in [0.1, 0.15) is 0 Å². The van der Waals surface area contributed by atoms with E-state index in [1.807, 2.05) is 19.1 Å². The van der Waals surface area contributed by atoms with Crippen LogP contribution in [0.3, 0.4) is 0 Å². The summed E-state index contributed by atoms with van der Waals surface area (Å²) in [5.74, 6) is -0.112. The first kappa shape index (κ1) is 18.5. The second-order valence-electron chi connectivity index (χ2n) is 5.28. The van der Waals surface area contributed by atoms with Crippen molar-refractivity contribution in [1.82, 2.24) is 10.3 Å². The number of carbonyl (C=O) groups is 2. The van der Waals surface area contributed by atoms with Crippen LogP contribution >= 0.6 is 23.1 Å². The zero-order chi connectivity index (χ0) is 17.4. The zero-order valence-corrected chi connectivity index (χ0v) is 15.1. The minimum Gasteiger partial charge on any atom is -0.481 e. The Morgan fingerprint density at radius 3 is 2.62 bits per heavy atom. The normalized spacial score (nSPS) is 10.5. The Kier molecular flexibility index (Phi) is 7.27. The zero-order valence-electron chi connectivity index (χ0n) is 13.4. The van der Waals surface area contributed by atoms with Crippen LogP contribution in [0.15, 0.2) is 34.5 Å². The largest absolute Gasteiger partial charge is 0.481 e. The van der Waals surface area contributed by atoms with Gasteiger partial charge in [0.15, 0.2) is 0 Å². The summed E-state index contributed by atoms with van der Waals surface area (Å²) in [7, 11) is 0. The molecule has 1 amide bonds. The number of rotatable bonds is 9. The van der Waals surface area contributed by atoms with E-state index in [1.165, 1.54) is 0 Å². The molecule has 0 radical (unpaired) electrons. The predicted molar refractivity (Wildman–Crippen MR) is 96.7 cm³/mol. The van der Waals surface area contributed by atoms with Crippen molar-refractivity contribution in [1.29, 1.82) is 0 Å². The number of hydrogen-bond acceptors (Lipinski definition) is 5. The number of carboxylic acids is 1. The van der Waals surface area contributed by atoms with Crippen molar-refractivity contribution >= 4 is 35.0 Å². The molecule has 0 atom stereocenters. The van der Waals surface area contributed by atoms with Crippen LogP contribution in [0.4, 0.5) is 0 Å². The maximum absolute atomic E-state index is 12.0. The maximum atomic E-state index is 12.0. The fourth-order valence-electron chi connectivity index (χ4n) is 2.04. The number of carboxylic acid groups (broad SMARTS) is 1. The molecule has 24 heavy (non-hydrogen) atoms. The van der Waals surface area contributed by atoms with Crippen molar-refractivity contribution in [3.63, 3.8) is 0 Å². The van der Waals surface area contributed by atoms with Crippen LogP contribution in [0.2, 0.25) is 0 Å². The van der Waals surface area contributed by atoms with Gasteiger partial charge in [-0.15, -0.1) is 23.1 Å². The smallest absolute Gasteiger partial charge is 0.303 e. The van der Waals surface area contributed by atoms with Gasteiger partial charge >= 0.3 is 5.97 Å². The predicted octanol–water partition coefficient (Wildman–Crippen LogP) is 3.73. The number of nitrogens with zero attached hydrogens (tertiary/aromatic N) is 1. The van der Waals surface area contributed by atoms with Crippen LogP contribution in [0.1, 0.15) is 40.3 Å². The highest BCUT2D eigenvalue weighted by Gasteiger charge is 2.06. The first-order valence-corrected chi connectivity index (χ1v) is 9.55. The van der Waals surface area contributed by atoms with Gasteiger partial charge in [-0.3, -0.25) is 9.59 Å². The van der Waals surface area contributed by atoms with Crippen LogP contribution in [-0.2, 0) is 10.5 Å². The number of aryl methyl sites for hydroxylation is 1. The fourth-order valence-corrected chi connectivity index (χ4v) is 3.55. The number of aliphatic carboxylic acids is 1. The molecule has 1 aromatic carbocycles. The van der Waals surface area contributed by atoms with Crippen molar-refractivity contribution in [2.24, 2.45) is 0 Å². The second kappa shape index (κ2) is 9.44. The number of carbonyl (C=O) groups excluding carboxylic acids is 1. The van der Waals surface area contributed by atoms with Crippen LogP contribution in [-0.4, -0.2) is 28.5 Å².